The molecule has 1 saturated carbocycles. The number of fused-ring (bicyclic) bond motifs is 1. The largest absolute Gasteiger partial charge is 0.511 e. The van der Waals surface area contributed by atoms with Crippen molar-refractivity contribution in [1.82, 2.24) is 0 Å². The van der Waals surface area contributed by atoms with Crippen molar-refractivity contribution in [1.29, 1.82) is 0 Å². The van der Waals surface area contributed by atoms with Gasteiger partial charge in [-0.05, 0) is 42.5 Å². The number of Topliss-reactive ketones (excluding diaryl/α,β-unsaturated/α-hetero) is 1. The third-order valence-corrected chi connectivity index (χ3v) is 5.90. The van der Waals surface area contributed by atoms with Crippen LogP contribution in [0.2, 0.25) is 5.02 Å². The molecule has 128 valence electrons. The van der Waals surface area contributed by atoms with Crippen LogP contribution in [0.25, 0.3) is 16.7 Å². The second kappa shape index (κ2) is 6.34. The summed E-state index contributed by atoms with van der Waals surface area (Å²) in [7, 11) is 0. The van der Waals surface area contributed by atoms with Crippen molar-refractivity contribution < 1.29 is 9.90 Å². The zero-order chi connectivity index (χ0) is 17.6. The number of benzene rings is 2. The number of aliphatic hydroxyl groups excluding tert-OH is 1. The van der Waals surface area contributed by atoms with Gasteiger partial charge in [-0.1, -0.05) is 60.8 Å². The van der Waals surface area contributed by atoms with Gasteiger partial charge in [-0.15, -0.1) is 0 Å². The molecule has 3 heteroatoms. The lowest BCUT2D eigenvalue weighted by Crippen LogP contribution is -2.21. The van der Waals surface area contributed by atoms with Crippen molar-refractivity contribution >= 4 is 23.0 Å². The van der Waals surface area contributed by atoms with Crippen molar-refractivity contribution in [3.05, 3.63) is 64.4 Å². The smallest absolute Gasteiger partial charge is 0.170 e. The molecule has 2 aliphatic rings. The quantitative estimate of drug-likeness (QED) is 0.722. The van der Waals surface area contributed by atoms with Gasteiger partial charge in [0, 0.05) is 22.4 Å². The minimum Gasteiger partial charge on any atom is -0.511 e. The van der Waals surface area contributed by atoms with Crippen molar-refractivity contribution in [3.63, 3.8) is 0 Å². The molecule has 2 aromatic carbocycles. The van der Waals surface area contributed by atoms with Crippen molar-refractivity contribution in [2.24, 2.45) is 11.8 Å². The average molecular weight is 353 g/mol. The van der Waals surface area contributed by atoms with Crippen LogP contribution in [0.3, 0.4) is 0 Å². The van der Waals surface area contributed by atoms with E-state index in [2.05, 4.69) is 0 Å². The number of hydrogen-bond donors (Lipinski definition) is 1. The monoisotopic (exact) mass is 352 g/mol. The fourth-order valence-electron chi connectivity index (χ4n) is 4.38. The van der Waals surface area contributed by atoms with E-state index in [-0.39, 0.29) is 23.4 Å². The lowest BCUT2D eigenvalue weighted by molar-refractivity contribution is -0.118. The summed E-state index contributed by atoms with van der Waals surface area (Å²) in [5.74, 6) is 0.250. The Morgan fingerprint density at radius 3 is 2.32 bits per heavy atom. The van der Waals surface area contributed by atoms with Gasteiger partial charge < -0.3 is 5.11 Å². The van der Waals surface area contributed by atoms with E-state index in [4.69, 9.17) is 11.6 Å². The van der Waals surface area contributed by atoms with E-state index in [0.717, 1.165) is 42.4 Å². The van der Waals surface area contributed by atoms with Gasteiger partial charge in [0.05, 0.1) is 5.57 Å². The van der Waals surface area contributed by atoms with Gasteiger partial charge in [0.15, 0.2) is 5.78 Å². The molecular weight excluding hydrogens is 332 g/mol. The minimum atomic E-state index is -0.0620. The van der Waals surface area contributed by atoms with Crippen LogP contribution in [0.15, 0.2) is 48.2 Å². The topological polar surface area (TPSA) is 37.3 Å². The highest BCUT2D eigenvalue weighted by Gasteiger charge is 2.44. The molecule has 0 amide bonds. The molecule has 25 heavy (non-hydrogen) atoms. The first-order valence-corrected chi connectivity index (χ1v) is 9.29. The Hall–Kier alpha value is -2.06. The first-order chi connectivity index (χ1) is 12.1. The number of aryl methyl sites for hydroxylation is 1. The number of halogens is 1. The van der Waals surface area contributed by atoms with Gasteiger partial charge in [0.2, 0.25) is 0 Å². The Balaban J connectivity index is 1.81. The summed E-state index contributed by atoms with van der Waals surface area (Å²) in [5.41, 5.74) is 4.20. The molecule has 2 nitrogen and oxygen atoms in total. The summed E-state index contributed by atoms with van der Waals surface area (Å²) < 4.78 is 0. The van der Waals surface area contributed by atoms with Crippen molar-refractivity contribution in [2.45, 2.75) is 32.6 Å². The van der Waals surface area contributed by atoms with Gasteiger partial charge >= 0.3 is 0 Å². The van der Waals surface area contributed by atoms with Crippen LogP contribution < -0.4 is 0 Å². The average Bonchev–Trinajstić information content (AvgIpc) is 2.87. The molecule has 2 atom stereocenters. The molecule has 0 spiro atoms. The predicted octanol–water partition coefficient (Wildman–Crippen LogP) is 5.97. The van der Waals surface area contributed by atoms with Crippen LogP contribution in [0.5, 0.6) is 0 Å². The highest BCUT2D eigenvalue weighted by Crippen LogP contribution is 2.48. The van der Waals surface area contributed by atoms with Crippen molar-refractivity contribution in [2.75, 3.05) is 0 Å². The van der Waals surface area contributed by atoms with Crippen LogP contribution in [0, 0.1) is 18.8 Å². The van der Waals surface area contributed by atoms with Gasteiger partial charge in [-0.25, -0.2) is 0 Å². The van der Waals surface area contributed by atoms with E-state index in [1.165, 1.54) is 0 Å². The maximum Gasteiger partial charge on any atom is 0.170 e. The summed E-state index contributed by atoms with van der Waals surface area (Å²) in [6, 6.07) is 14.0. The molecule has 0 aromatic heterocycles. The molecule has 2 aromatic rings. The lowest BCUT2D eigenvalue weighted by Gasteiger charge is -2.23. The van der Waals surface area contributed by atoms with Gasteiger partial charge in [0.25, 0.3) is 0 Å². The van der Waals surface area contributed by atoms with Crippen LogP contribution in [-0.4, -0.2) is 10.9 Å². The zero-order valence-corrected chi connectivity index (χ0v) is 15.0. The Morgan fingerprint density at radius 2 is 1.68 bits per heavy atom. The van der Waals surface area contributed by atoms with Gasteiger partial charge in [-0.2, -0.15) is 0 Å². The molecule has 1 fully saturated rings. The first kappa shape index (κ1) is 16.4. The number of aliphatic hydroxyl groups is 1. The predicted molar refractivity (Wildman–Crippen MR) is 102 cm³/mol. The lowest BCUT2D eigenvalue weighted by atomic mass is 9.80. The SMILES string of the molecule is Cc1cc(-c2ccccc2)cc(Cl)c1C1=C(O)C2CCCCC2C1=O. The van der Waals surface area contributed by atoms with E-state index in [1.54, 1.807) is 0 Å². The standard InChI is InChI=1S/C22H21ClO2/c1-13-11-15(14-7-3-2-4-8-14)12-18(23)19(13)20-21(24)16-9-5-6-10-17(16)22(20)25/h2-4,7-8,11-12,16-17,24H,5-6,9-10H2,1H3. The number of allylic oxidation sites excluding steroid dienone is 2. The molecule has 0 aliphatic heterocycles. The molecule has 0 heterocycles. The highest BCUT2D eigenvalue weighted by molar-refractivity contribution is 6.36. The number of carbonyl (C=O) groups excluding carboxylic acids is 1. The fraction of sp³-hybridized carbons (Fsp3) is 0.318. The zero-order valence-electron chi connectivity index (χ0n) is 14.3. The Morgan fingerprint density at radius 1 is 1.00 bits per heavy atom. The van der Waals surface area contributed by atoms with Crippen LogP contribution in [0.1, 0.15) is 36.8 Å². The molecule has 2 unspecified atom stereocenters. The second-order valence-electron chi connectivity index (χ2n) is 7.14. The van der Waals surface area contributed by atoms with E-state index in [0.29, 0.717) is 16.2 Å². The van der Waals surface area contributed by atoms with E-state index >= 15 is 0 Å². The molecular formula is C22H21ClO2. The maximum atomic E-state index is 12.9. The molecule has 1 N–H and O–H groups in total. The molecule has 0 radical (unpaired) electrons. The second-order valence-corrected chi connectivity index (χ2v) is 7.55. The third-order valence-electron chi connectivity index (χ3n) is 5.60. The van der Waals surface area contributed by atoms with Crippen molar-refractivity contribution in [3.8, 4) is 11.1 Å². The highest BCUT2D eigenvalue weighted by atomic mass is 35.5. The van der Waals surface area contributed by atoms with E-state index in [1.807, 2.05) is 49.4 Å². The number of ketones is 1. The normalized spacial score (nSPS) is 23.0. The maximum absolute atomic E-state index is 12.9. The van der Waals surface area contributed by atoms with Crippen LogP contribution >= 0.6 is 11.6 Å². The van der Waals surface area contributed by atoms with Crippen LogP contribution in [0.4, 0.5) is 0 Å². The molecule has 0 saturated heterocycles. The Labute approximate surface area is 153 Å². The first-order valence-electron chi connectivity index (χ1n) is 8.91. The Kier molecular flexibility index (Phi) is 4.16. The summed E-state index contributed by atoms with van der Waals surface area (Å²) in [5, 5.41) is 11.3. The molecule has 4 rings (SSSR count). The molecule has 0 bridgehead atoms. The summed E-state index contributed by atoms with van der Waals surface area (Å²) >= 11 is 6.60. The summed E-state index contributed by atoms with van der Waals surface area (Å²) in [6.45, 7) is 1.96. The fourth-order valence-corrected chi connectivity index (χ4v) is 4.74. The van der Waals surface area contributed by atoms with Crippen LogP contribution in [-0.2, 0) is 4.79 Å². The molecule has 2 aliphatic carbocycles. The number of carbonyl (C=O) groups is 1. The third kappa shape index (κ3) is 2.69. The van der Waals surface area contributed by atoms with Gasteiger partial charge in [-0.3, -0.25) is 4.79 Å². The minimum absolute atomic E-state index is 0.0134. The van der Waals surface area contributed by atoms with E-state index < -0.39 is 0 Å². The van der Waals surface area contributed by atoms with Gasteiger partial charge in [0.1, 0.15) is 5.76 Å². The van der Waals surface area contributed by atoms with E-state index in [9.17, 15) is 9.90 Å². The summed E-state index contributed by atoms with van der Waals surface area (Å²) in [4.78, 5) is 12.9. The summed E-state index contributed by atoms with van der Waals surface area (Å²) in [6.07, 6.45) is 3.90. The number of rotatable bonds is 2. The Bertz CT molecular complexity index is 844. The number of hydrogen-bond acceptors (Lipinski definition) is 2.